The van der Waals surface area contributed by atoms with Crippen LogP contribution in [-0.4, -0.2) is 27.4 Å². The molecule has 0 bridgehead atoms. The zero-order valence-corrected chi connectivity index (χ0v) is 16.2. The molecule has 0 aliphatic heterocycles. The van der Waals surface area contributed by atoms with Crippen LogP contribution >= 0.6 is 11.8 Å². The van der Waals surface area contributed by atoms with E-state index in [4.69, 9.17) is 5.84 Å². The average Bonchev–Trinajstić information content (AvgIpc) is 3.07. The van der Waals surface area contributed by atoms with Crippen molar-refractivity contribution in [3.05, 3.63) is 72.4 Å². The van der Waals surface area contributed by atoms with Gasteiger partial charge in [-0.3, -0.25) is 4.79 Å². The number of aromatic nitrogens is 2. The van der Waals surface area contributed by atoms with Crippen LogP contribution in [0, 0.1) is 0 Å². The van der Waals surface area contributed by atoms with Gasteiger partial charge in [-0.2, -0.15) is 0 Å². The van der Waals surface area contributed by atoms with Crippen molar-refractivity contribution >= 4 is 17.7 Å². The number of nitrogen functional groups attached to an aromatic ring is 1. The molecule has 3 N–H and O–H groups in total. The lowest BCUT2D eigenvalue weighted by Crippen LogP contribution is -2.34. The molecule has 1 aromatic heterocycles. The first kappa shape index (κ1) is 19.0. The smallest absolute Gasteiger partial charge is 0.230 e. The number of carbonyl (C=O) groups is 1. The molecule has 0 spiro atoms. The third-order valence-electron chi connectivity index (χ3n) is 4.22. The van der Waals surface area contributed by atoms with Crippen molar-refractivity contribution in [1.29, 1.82) is 0 Å². The van der Waals surface area contributed by atoms with Gasteiger partial charge in [-0.05, 0) is 25.3 Å². The molecule has 27 heavy (non-hydrogen) atoms. The summed E-state index contributed by atoms with van der Waals surface area (Å²) in [6.07, 6.45) is 3.63. The van der Waals surface area contributed by atoms with E-state index in [1.165, 1.54) is 22.0 Å². The Labute approximate surface area is 164 Å². The van der Waals surface area contributed by atoms with Gasteiger partial charge in [-0.15, -0.1) is 0 Å². The van der Waals surface area contributed by atoms with Gasteiger partial charge in [0, 0.05) is 11.6 Å². The van der Waals surface area contributed by atoms with Crippen LogP contribution in [0.3, 0.4) is 0 Å². The van der Waals surface area contributed by atoms with Crippen LogP contribution in [0.15, 0.2) is 72.0 Å². The largest absolute Gasteiger partial charge is 0.353 e. The number of hydrogen-bond donors (Lipinski definition) is 2. The zero-order valence-electron chi connectivity index (χ0n) is 15.3. The quantitative estimate of drug-likeness (QED) is 0.463. The number of benzene rings is 2. The Morgan fingerprint density at radius 3 is 2.52 bits per heavy atom. The number of nitrogens with one attached hydrogen (secondary N) is 1. The minimum Gasteiger partial charge on any atom is -0.353 e. The molecule has 6 heteroatoms. The summed E-state index contributed by atoms with van der Waals surface area (Å²) in [5.41, 5.74) is 3.09. The molecular formula is C21H24N4OS. The van der Waals surface area contributed by atoms with Crippen LogP contribution in [0.2, 0.25) is 0 Å². The average molecular weight is 381 g/mol. The Hall–Kier alpha value is -2.73. The van der Waals surface area contributed by atoms with Gasteiger partial charge in [0.2, 0.25) is 5.91 Å². The van der Waals surface area contributed by atoms with E-state index in [0.717, 1.165) is 24.1 Å². The number of carbonyl (C=O) groups excluding carboxylic acids is 1. The molecule has 0 radical (unpaired) electrons. The number of aryl methyl sites for hydroxylation is 1. The second kappa shape index (κ2) is 9.28. The highest BCUT2D eigenvalue weighted by molar-refractivity contribution is 7.99. The molecule has 1 atom stereocenters. The fraction of sp³-hybridized carbons (Fsp3) is 0.238. The Kier molecular flexibility index (Phi) is 6.54. The topological polar surface area (TPSA) is 72.9 Å². The van der Waals surface area contributed by atoms with E-state index in [0.29, 0.717) is 5.16 Å². The third kappa shape index (κ3) is 5.62. The first-order valence-electron chi connectivity index (χ1n) is 8.98. The van der Waals surface area contributed by atoms with Gasteiger partial charge in [0.1, 0.15) is 0 Å². The van der Waals surface area contributed by atoms with Crippen molar-refractivity contribution in [3.63, 3.8) is 0 Å². The summed E-state index contributed by atoms with van der Waals surface area (Å²) in [5.74, 6) is 6.26. The molecule has 0 fully saturated rings. The molecule has 0 aliphatic rings. The van der Waals surface area contributed by atoms with Gasteiger partial charge in [-0.25, -0.2) is 9.66 Å². The molecule has 2 aromatic carbocycles. The van der Waals surface area contributed by atoms with E-state index >= 15 is 0 Å². The summed E-state index contributed by atoms with van der Waals surface area (Å²) >= 11 is 1.34. The Morgan fingerprint density at radius 2 is 1.81 bits per heavy atom. The first-order chi connectivity index (χ1) is 13.1. The number of imidazole rings is 1. The fourth-order valence-corrected chi connectivity index (χ4v) is 3.49. The van der Waals surface area contributed by atoms with Crippen molar-refractivity contribution in [1.82, 2.24) is 15.0 Å². The van der Waals surface area contributed by atoms with Crippen LogP contribution in [0.4, 0.5) is 0 Å². The van der Waals surface area contributed by atoms with Gasteiger partial charge in [-0.1, -0.05) is 72.4 Å². The van der Waals surface area contributed by atoms with E-state index < -0.39 is 0 Å². The van der Waals surface area contributed by atoms with Crippen LogP contribution in [0.25, 0.3) is 11.3 Å². The summed E-state index contributed by atoms with van der Waals surface area (Å²) in [6.45, 7) is 2.03. The van der Waals surface area contributed by atoms with E-state index in [1.807, 2.05) is 55.5 Å². The second-order valence-corrected chi connectivity index (χ2v) is 7.41. The number of nitrogens with two attached hydrogens (primary N) is 1. The molecule has 1 heterocycles. The number of hydrogen-bond acceptors (Lipinski definition) is 4. The highest BCUT2D eigenvalue weighted by Gasteiger charge is 2.12. The number of rotatable bonds is 8. The second-order valence-electron chi connectivity index (χ2n) is 6.46. The van der Waals surface area contributed by atoms with Crippen molar-refractivity contribution in [2.24, 2.45) is 0 Å². The van der Waals surface area contributed by atoms with Crippen LogP contribution < -0.4 is 11.2 Å². The van der Waals surface area contributed by atoms with Crippen molar-refractivity contribution in [2.45, 2.75) is 31.0 Å². The molecule has 3 rings (SSSR count). The number of amides is 1. The molecule has 0 aliphatic carbocycles. The van der Waals surface area contributed by atoms with Crippen molar-refractivity contribution < 1.29 is 4.79 Å². The molecule has 5 nitrogen and oxygen atoms in total. The normalized spacial score (nSPS) is 11.9. The van der Waals surface area contributed by atoms with Crippen molar-refractivity contribution in [2.75, 3.05) is 11.6 Å². The van der Waals surface area contributed by atoms with Gasteiger partial charge < -0.3 is 11.2 Å². The fourth-order valence-electron chi connectivity index (χ4n) is 2.78. The molecule has 3 aromatic rings. The maximum Gasteiger partial charge on any atom is 0.230 e. The third-order valence-corrected chi connectivity index (χ3v) is 5.18. The molecule has 1 amide bonds. The molecule has 0 unspecified atom stereocenters. The monoisotopic (exact) mass is 380 g/mol. The van der Waals surface area contributed by atoms with E-state index in [-0.39, 0.29) is 17.7 Å². The molecule has 0 saturated carbocycles. The summed E-state index contributed by atoms with van der Waals surface area (Å²) < 4.78 is 1.47. The predicted molar refractivity (Wildman–Crippen MR) is 111 cm³/mol. The Bertz CT molecular complexity index is 864. The summed E-state index contributed by atoms with van der Waals surface area (Å²) in [7, 11) is 0. The summed E-state index contributed by atoms with van der Waals surface area (Å²) in [5, 5.41) is 3.67. The Morgan fingerprint density at radius 1 is 1.15 bits per heavy atom. The van der Waals surface area contributed by atoms with Crippen LogP contribution in [0.1, 0.15) is 18.9 Å². The first-order valence-corrected chi connectivity index (χ1v) is 9.96. The van der Waals surface area contributed by atoms with Gasteiger partial charge >= 0.3 is 0 Å². The molecule has 140 valence electrons. The molecular weight excluding hydrogens is 356 g/mol. The minimum absolute atomic E-state index is 0.00942. The van der Waals surface area contributed by atoms with Crippen LogP contribution in [0.5, 0.6) is 0 Å². The van der Waals surface area contributed by atoms with E-state index in [9.17, 15) is 4.79 Å². The van der Waals surface area contributed by atoms with E-state index in [2.05, 4.69) is 22.4 Å². The van der Waals surface area contributed by atoms with E-state index in [1.54, 1.807) is 6.20 Å². The lowest BCUT2D eigenvalue weighted by atomic mass is 10.1. The van der Waals surface area contributed by atoms with Gasteiger partial charge in [0.15, 0.2) is 5.16 Å². The van der Waals surface area contributed by atoms with Crippen molar-refractivity contribution in [3.8, 4) is 11.3 Å². The maximum absolute atomic E-state index is 12.2. The maximum atomic E-state index is 12.2. The molecule has 0 saturated heterocycles. The highest BCUT2D eigenvalue weighted by atomic mass is 32.2. The number of thioether (sulfide) groups is 1. The van der Waals surface area contributed by atoms with Gasteiger partial charge in [0.25, 0.3) is 0 Å². The zero-order chi connectivity index (χ0) is 19.1. The Balaban J connectivity index is 1.47. The summed E-state index contributed by atoms with van der Waals surface area (Å²) in [4.78, 5) is 16.7. The predicted octanol–water partition coefficient (Wildman–Crippen LogP) is 3.49. The minimum atomic E-state index is -0.00942. The summed E-state index contributed by atoms with van der Waals surface area (Å²) in [6, 6.07) is 20.3. The standard InChI is InChI=1S/C21H24N4OS/c1-16(12-13-17-8-4-2-5-9-17)23-20(26)15-27-21-24-19(14-25(21)22)18-10-6-3-7-11-18/h2-11,14,16H,12-13,15,22H2,1H3,(H,23,26)/t16-/m1/s1. The van der Waals surface area contributed by atoms with Gasteiger partial charge in [0.05, 0.1) is 17.6 Å². The highest BCUT2D eigenvalue weighted by Crippen LogP contribution is 2.22. The lowest BCUT2D eigenvalue weighted by molar-refractivity contribution is -0.119. The van der Waals surface area contributed by atoms with Crippen LogP contribution in [-0.2, 0) is 11.2 Å². The number of nitrogens with zero attached hydrogens (tertiary/aromatic N) is 2. The lowest BCUT2D eigenvalue weighted by Gasteiger charge is -2.13. The SMILES string of the molecule is C[C@H](CCc1ccccc1)NC(=O)CSc1nc(-c2ccccc2)cn1N.